The molecule has 0 saturated heterocycles. The van der Waals surface area contributed by atoms with Crippen molar-refractivity contribution < 1.29 is 4.42 Å². The summed E-state index contributed by atoms with van der Waals surface area (Å²) in [6.07, 6.45) is 0. The lowest BCUT2D eigenvalue weighted by Gasteiger charge is -2.42. The molecule has 0 aliphatic carbocycles. The van der Waals surface area contributed by atoms with Crippen molar-refractivity contribution in [2.45, 2.75) is 19.3 Å². The standard InChI is InChI=1S/C58H39N3OS/c1-58(2)47-21-10-11-22-51(47)60(41-17-7-4-8-18-41)52-30-25-40(35-48(52)58)38-24-29-50-45(33-38)44-27-28-49-56(62-57(59-49)36-14-5-3-6-15-36)55(44)61(50)42-19-13-16-37(32-42)39-26-31-54-46(34-39)43-20-9-12-23-53(43)63-54/h3-35H,1-2H3. The maximum Gasteiger partial charge on any atom is 0.227 e. The number of nitrogens with zero attached hydrogens (tertiary/aromatic N) is 3. The summed E-state index contributed by atoms with van der Waals surface area (Å²) in [6.45, 7) is 4.71. The molecule has 0 saturated carbocycles. The Morgan fingerprint density at radius 3 is 1.98 bits per heavy atom. The van der Waals surface area contributed by atoms with Gasteiger partial charge in [-0.2, -0.15) is 0 Å². The summed E-state index contributed by atoms with van der Waals surface area (Å²) in [5.41, 5.74) is 16.4. The second-order valence-electron chi connectivity index (χ2n) is 17.2. The summed E-state index contributed by atoms with van der Waals surface area (Å²) in [5, 5.41) is 4.87. The lowest BCUT2D eigenvalue weighted by atomic mass is 9.73. The molecule has 9 aromatic carbocycles. The number of thiophene rings is 1. The van der Waals surface area contributed by atoms with Crippen LogP contribution in [0.25, 0.3) is 92.5 Å². The summed E-state index contributed by atoms with van der Waals surface area (Å²) >= 11 is 1.85. The van der Waals surface area contributed by atoms with Crippen molar-refractivity contribution in [3.63, 3.8) is 0 Å². The van der Waals surface area contributed by atoms with Gasteiger partial charge in [-0.25, -0.2) is 4.98 Å². The normalized spacial score (nSPS) is 13.3. The second kappa shape index (κ2) is 13.6. The molecule has 4 nitrogen and oxygen atoms in total. The van der Waals surface area contributed by atoms with Crippen LogP contribution in [0.1, 0.15) is 25.0 Å². The van der Waals surface area contributed by atoms with Crippen LogP contribution < -0.4 is 4.90 Å². The first-order valence-corrected chi connectivity index (χ1v) is 22.3. The van der Waals surface area contributed by atoms with Crippen LogP contribution in [0, 0.1) is 0 Å². The fourth-order valence-corrected chi connectivity index (χ4v) is 11.2. The number of fused-ring (bicyclic) bond motifs is 10. The first kappa shape index (κ1) is 36.0. The molecule has 0 spiro atoms. The Bertz CT molecular complexity index is 3780. The molecule has 1 aliphatic heterocycles. The Balaban J connectivity index is 1.01. The van der Waals surface area contributed by atoms with Crippen LogP contribution in [0.15, 0.2) is 205 Å². The zero-order chi connectivity index (χ0) is 41.8. The van der Waals surface area contributed by atoms with Gasteiger partial charge in [-0.1, -0.05) is 117 Å². The fraction of sp³-hybridized carbons (Fsp3) is 0.0517. The Hall–Kier alpha value is -7.73. The number of benzene rings is 9. The predicted octanol–water partition coefficient (Wildman–Crippen LogP) is 16.4. The Morgan fingerprint density at radius 1 is 0.460 bits per heavy atom. The summed E-state index contributed by atoms with van der Waals surface area (Å²) in [6, 6.07) is 72.5. The largest absolute Gasteiger partial charge is 0.434 e. The minimum atomic E-state index is -0.215. The quantitative estimate of drug-likeness (QED) is 0.173. The minimum Gasteiger partial charge on any atom is -0.434 e. The van der Waals surface area contributed by atoms with E-state index in [2.05, 4.69) is 205 Å². The molecule has 13 rings (SSSR count). The van der Waals surface area contributed by atoms with E-state index in [4.69, 9.17) is 9.40 Å². The SMILES string of the molecule is CC1(C)c2ccccc2N(c2ccccc2)c2ccc(-c3ccc4c(c3)c3ccc5nc(-c6ccccc6)oc5c3n4-c3cccc(-c4ccc5sc6ccccc6c5c4)c3)cc21. The van der Waals surface area contributed by atoms with Crippen molar-refractivity contribution in [1.82, 2.24) is 9.55 Å². The van der Waals surface area contributed by atoms with Gasteiger partial charge in [0.15, 0.2) is 5.58 Å². The average molecular weight is 826 g/mol. The van der Waals surface area contributed by atoms with Crippen molar-refractivity contribution >= 4 is 81.5 Å². The maximum absolute atomic E-state index is 6.79. The molecule has 5 heteroatoms. The molecule has 1 aliphatic rings. The molecule has 3 aromatic heterocycles. The fourth-order valence-electron chi connectivity index (χ4n) is 10.1. The molecule has 298 valence electrons. The third-order valence-corrected chi connectivity index (χ3v) is 14.3. The number of para-hydroxylation sites is 2. The highest BCUT2D eigenvalue weighted by molar-refractivity contribution is 7.25. The Kier molecular flexibility index (Phi) is 7.79. The number of hydrogen-bond donors (Lipinski definition) is 0. The minimum absolute atomic E-state index is 0.215. The van der Waals surface area contributed by atoms with Crippen LogP contribution in [0.2, 0.25) is 0 Å². The van der Waals surface area contributed by atoms with Crippen molar-refractivity contribution in [3.05, 3.63) is 211 Å². The second-order valence-corrected chi connectivity index (χ2v) is 18.3. The summed E-state index contributed by atoms with van der Waals surface area (Å²) < 4.78 is 11.8. The Labute approximate surface area is 368 Å². The molecular weight excluding hydrogens is 787 g/mol. The number of hydrogen-bond acceptors (Lipinski definition) is 4. The third-order valence-electron chi connectivity index (χ3n) is 13.2. The summed E-state index contributed by atoms with van der Waals surface area (Å²) in [5.74, 6) is 0.614. The van der Waals surface area contributed by atoms with Crippen LogP contribution in [0.3, 0.4) is 0 Å². The van der Waals surface area contributed by atoms with E-state index >= 15 is 0 Å². The number of oxazole rings is 1. The molecule has 0 N–H and O–H groups in total. The number of rotatable bonds is 5. The topological polar surface area (TPSA) is 34.2 Å². The van der Waals surface area contributed by atoms with Gasteiger partial charge < -0.3 is 13.9 Å². The molecule has 0 fully saturated rings. The van der Waals surface area contributed by atoms with Crippen LogP contribution in [-0.2, 0) is 5.41 Å². The van der Waals surface area contributed by atoms with Crippen LogP contribution in [0.5, 0.6) is 0 Å². The van der Waals surface area contributed by atoms with Gasteiger partial charge in [-0.15, -0.1) is 11.3 Å². The zero-order valence-corrected chi connectivity index (χ0v) is 35.5. The highest BCUT2D eigenvalue weighted by Crippen LogP contribution is 2.53. The molecule has 12 aromatic rings. The van der Waals surface area contributed by atoms with Crippen molar-refractivity contribution in [2.24, 2.45) is 0 Å². The van der Waals surface area contributed by atoms with Gasteiger partial charge in [-0.3, -0.25) is 0 Å². The van der Waals surface area contributed by atoms with E-state index in [1.54, 1.807) is 0 Å². The molecule has 0 atom stereocenters. The van der Waals surface area contributed by atoms with Gasteiger partial charge in [-0.05, 0) is 130 Å². The predicted molar refractivity (Wildman–Crippen MR) is 264 cm³/mol. The van der Waals surface area contributed by atoms with Crippen LogP contribution >= 0.6 is 11.3 Å². The maximum atomic E-state index is 6.79. The lowest BCUT2D eigenvalue weighted by Crippen LogP contribution is -2.30. The van der Waals surface area contributed by atoms with Gasteiger partial charge in [0.2, 0.25) is 5.89 Å². The average Bonchev–Trinajstić information content (AvgIpc) is 4.04. The van der Waals surface area contributed by atoms with E-state index in [1.165, 1.54) is 53.8 Å². The van der Waals surface area contributed by atoms with E-state index in [0.29, 0.717) is 5.89 Å². The highest BCUT2D eigenvalue weighted by atomic mass is 32.1. The zero-order valence-electron chi connectivity index (χ0n) is 34.7. The van der Waals surface area contributed by atoms with E-state index in [9.17, 15) is 0 Å². The first-order valence-electron chi connectivity index (χ1n) is 21.5. The molecule has 4 heterocycles. The Morgan fingerprint density at radius 2 is 1.11 bits per heavy atom. The van der Waals surface area contributed by atoms with E-state index in [0.717, 1.165) is 61.0 Å². The monoisotopic (exact) mass is 825 g/mol. The van der Waals surface area contributed by atoms with Crippen molar-refractivity contribution in [1.29, 1.82) is 0 Å². The molecule has 0 bridgehead atoms. The van der Waals surface area contributed by atoms with Gasteiger partial charge in [0.05, 0.1) is 22.4 Å². The van der Waals surface area contributed by atoms with Crippen molar-refractivity contribution in [3.8, 4) is 39.4 Å². The smallest absolute Gasteiger partial charge is 0.227 e. The number of aromatic nitrogens is 2. The molecule has 63 heavy (non-hydrogen) atoms. The molecule has 0 amide bonds. The van der Waals surface area contributed by atoms with E-state index in [-0.39, 0.29) is 5.41 Å². The third kappa shape index (κ3) is 5.49. The van der Waals surface area contributed by atoms with Crippen molar-refractivity contribution in [2.75, 3.05) is 4.90 Å². The molecule has 0 unspecified atom stereocenters. The molecular formula is C58H39N3OS. The van der Waals surface area contributed by atoms with Gasteiger partial charge >= 0.3 is 0 Å². The van der Waals surface area contributed by atoms with E-state index < -0.39 is 0 Å². The van der Waals surface area contributed by atoms with Crippen LogP contribution in [0.4, 0.5) is 17.1 Å². The van der Waals surface area contributed by atoms with Gasteiger partial charge in [0, 0.05) is 53.3 Å². The highest BCUT2D eigenvalue weighted by Gasteiger charge is 2.37. The van der Waals surface area contributed by atoms with Crippen LogP contribution in [-0.4, -0.2) is 9.55 Å². The van der Waals surface area contributed by atoms with Gasteiger partial charge in [0.25, 0.3) is 0 Å². The number of anilines is 3. The van der Waals surface area contributed by atoms with Gasteiger partial charge in [0.1, 0.15) is 5.52 Å². The summed E-state index contributed by atoms with van der Waals surface area (Å²) in [7, 11) is 0. The first-order chi connectivity index (χ1) is 31.0. The molecule has 0 radical (unpaired) electrons. The lowest BCUT2D eigenvalue weighted by molar-refractivity contribution is 0.621. The van der Waals surface area contributed by atoms with E-state index in [1.807, 2.05) is 29.5 Å². The summed E-state index contributed by atoms with van der Waals surface area (Å²) in [4.78, 5) is 7.45.